The lowest BCUT2D eigenvalue weighted by atomic mass is 9.91. The van der Waals surface area contributed by atoms with E-state index >= 15 is 0 Å². The van der Waals surface area contributed by atoms with Gasteiger partial charge in [-0.3, -0.25) is 4.79 Å². The molecule has 0 radical (unpaired) electrons. The summed E-state index contributed by atoms with van der Waals surface area (Å²) in [6.07, 6.45) is 0.566. The van der Waals surface area contributed by atoms with E-state index in [0.717, 1.165) is 22.9 Å². The Balaban J connectivity index is 1.72. The minimum atomic E-state index is -0.660. The molecule has 1 unspecified atom stereocenters. The van der Waals surface area contributed by atoms with Gasteiger partial charge in [-0.15, -0.1) is 0 Å². The molecule has 4 nitrogen and oxygen atoms in total. The highest BCUT2D eigenvalue weighted by molar-refractivity contribution is 6.01. The van der Waals surface area contributed by atoms with Crippen LogP contribution in [-0.2, 0) is 16.2 Å². The molecule has 1 heterocycles. The van der Waals surface area contributed by atoms with Gasteiger partial charge < -0.3 is 9.74 Å². The Morgan fingerprint density at radius 3 is 2.50 bits per heavy atom. The van der Waals surface area contributed by atoms with Crippen molar-refractivity contribution in [2.45, 2.75) is 53.2 Å². The highest BCUT2D eigenvalue weighted by Crippen LogP contribution is 2.24. The third-order valence-corrected chi connectivity index (χ3v) is 4.95. The van der Waals surface area contributed by atoms with Gasteiger partial charge in [0, 0.05) is 31.0 Å². The van der Waals surface area contributed by atoms with E-state index in [-0.39, 0.29) is 36.1 Å². The van der Waals surface area contributed by atoms with Gasteiger partial charge in [0.15, 0.2) is 6.10 Å². The number of rotatable bonds is 6. The standard InChI is InChI=1S/C24H28F2N2O2/c1-16-5-7-17(8-6-16)22-12-20(30-27-22)15-28(23(29)13-24(2,3)4)14-18-9-10-19(25)11-21(18)26/h5-11,20H,12-15H2,1-4H3. The first-order valence-corrected chi connectivity index (χ1v) is 10.1. The maximum absolute atomic E-state index is 14.2. The average molecular weight is 414 g/mol. The van der Waals surface area contributed by atoms with Gasteiger partial charge in [0.2, 0.25) is 5.91 Å². The Kier molecular flexibility index (Phi) is 6.54. The number of amides is 1. The minimum Gasteiger partial charge on any atom is -0.390 e. The quantitative estimate of drug-likeness (QED) is 0.649. The fraction of sp³-hybridized carbons (Fsp3) is 0.417. The molecule has 30 heavy (non-hydrogen) atoms. The fourth-order valence-electron chi connectivity index (χ4n) is 3.36. The van der Waals surface area contributed by atoms with Gasteiger partial charge in [-0.1, -0.05) is 61.8 Å². The van der Waals surface area contributed by atoms with Crippen molar-refractivity contribution >= 4 is 11.6 Å². The summed E-state index contributed by atoms with van der Waals surface area (Å²) in [4.78, 5) is 20.1. The highest BCUT2D eigenvalue weighted by Gasteiger charge is 2.29. The zero-order valence-electron chi connectivity index (χ0n) is 17.9. The van der Waals surface area contributed by atoms with E-state index in [1.807, 2.05) is 52.0 Å². The van der Waals surface area contributed by atoms with Crippen molar-refractivity contribution in [3.63, 3.8) is 0 Å². The monoisotopic (exact) mass is 414 g/mol. The van der Waals surface area contributed by atoms with Gasteiger partial charge in [0.1, 0.15) is 11.6 Å². The van der Waals surface area contributed by atoms with Gasteiger partial charge >= 0.3 is 0 Å². The molecule has 160 valence electrons. The average Bonchev–Trinajstić information content (AvgIpc) is 3.11. The molecular weight excluding hydrogens is 386 g/mol. The van der Waals surface area contributed by atoms with Crippen LogP contribution >= 0.6 is 0 Å². The molecule has 2 aromatic rings. The van der Waals surface area contributed by atoms with E-state index in [1.54, 1.807) is 4.90 Å². The molecule has 0 saturated heterocycles. The van der Waals surface area contributed by atoms with Crippen molar-refractivity contribution in [2.24, 2.45) is 10.6 Å². The van der Waals surface area contributed by atoms with Crippen LogP contribution in [0.25, 0.3) is 0 Å². The number of carbonyl (C=O) groups excluding carboxylic acids is 1. The van der Waals surface area contributed by atoms with E-state index < -0.39 is 11.6 Å². The fourth-order valence-corrected chi connectivity index (χ4v) is 3.36. The molecule has 0 spiro atoms. The maximum Gasteiger partial charge on any atom is 0.223 e. The first-order valence-electron chi connectivity index (χ1n) is 10.1. The Hall–Kier alpha value is -2.76. The molecule has 2 aromatic carbocycles. The van der Waals surface area contributed by atoms with E-state index in [9.17, 15) is 13.6 Å². The number of aryl methyl sites for hydroxylation is 1. The molecule has 6 heteroatoms. The van der Waals surface area contributed by atoms with Crippen LogP contribution in [0.3, 0.4) is 0 Å². The lowest BCUT2D eigenvalue weighted by Gasteiger charge is -2.28. The summed E-state index contributed by atoms with van der Waals surface area (Å²) < 4.78 is 27.5. The van der Waals surface area contributed by atoms with Crippen LogP contribution in [0.4, 0.5) is 8.78 Å². The molecule has 0 N–H and O–H groups in total. The van der Waals surface area contributed by atoms with Gasteiger partial charge in [-0.25, -0.2) is 8.78 Å². The molecule has 0 saturated carbocycles. The molecule has 0 fully saturated rings. The van der Waals surface area contributed by atoms with Crippen LogP contribution in [-0.4, -0.2) is 29.2 Å². The number of halogens is 2. The topological polar surface area (TPSA) is 41.9 Å². The summed E-state index contributed by atoms with van der Waals surface area (Å²) in [5, 5.41) is 4.20. The molecule has 1 atom stereocenters. The molecule has 0 aromatic heterocycles. The maximum atomic E-state index is 14.2. The Labute approximate surface area is 176 Å². The van der Waals surface area contributed by atoms with Crippen molar-refractivity contribution in [1.82, 2.24) is 4.90 Å². The predicted molar refractivity (Wildman–Crippen MR) is 113 cm³/mol. The first-order chi connectivity index (χ1) is 14.1. The summed E-state index contributed by atoms with van der Waals surface area (Å²) >= 11 is 0. The van der Waals surface area contributed by atoms with Gasteiger partial charge in [0.05, 0.1) is 12.3 Å². The third-order valence-electron chi connectivity index (χ3n) is 4.95. The van der Waals surface area contributed by atoms with Crippen molar-refractivity contribution in [2.75, 3.05) is 6.54 Å². The Morgan fingerprint density at radius 2 is 1.87 bits per heavy atom. The van der Waals surface area contributed by atoms with Crippen LogP contribution in [0.1, 0.15) is 50.3 Å². The second kappa shape index (κ2) is 8.94. The summed E-state index contributed by atoms with van der Waals surface area (Å²) in [6, 6.07) is 11.4. The van der Waals surface area contributed by atoms with E-state index in [0.29, 0.717) is 12.8 Å². The molecule has 0 aliphatic carbocycles. The lowest BCUT2D eigenvalue weighted by Crippen LogP contribution is -2.39. The number of benzene rings is 2. The molecule has 1 amide bonds. The third kappa shape index (κ3) is 5.88. The second-order valence-corrected chi connectivity index (χ2v) is 9.08. The summed E-state index contributed by atoms with van der Waals surface area (Å²) in [5.41, 5.74) is 3.04. The SMILES string of the molecule is Cc1ccc(C2=NOC(CN(Cc3ccc(F)cc3F)C(=O)CC(C)(C)C)C2)cc1. The van der Waals surface area contributed by atoms with Crippen LogP contribution in [0.5, 0.6) is 0 Å². The molecule has 0 bridgehead atoms. The van der Waals surface area contributed by atoms with Crippen molar-refractivity contribution in [3.8, 4) is 0 Å². The number of oxime groups is 1. The molecule has 1 aliphatic rings. The lowest BCUT2D eigenvalue weighted by molar-refractivity contribution is -0.135. The summed E-state index contributed by atoms with van der Waals surface area (Å²) in [6.45, 7) is 8.29. The number of nitrogens with zero attached hydrogens (tertiary/aromatic N) is 2. The number of hydrogen-bond donors (Lipinski definition) is 0. The van der Waals surface area contributed by atoms with Gasteiger partial charge in [0.25, 0.3) is 0 Å². The number of hydrogen-bond acceptors (Lipinski definition) is 3. The van der Waals surface area contributed by atoms with Crippen molar-refractivity contribution in [3.05, 3.63) is 70.8 Å². The molecule has 3 rings (SSSR count). The van der Waals surface area contributed by atoms with Crippen molar-refractivity contribution in [1.29, 1.82) is 0 Å². The molecule has 1 aliphatic heterocycles. The normalized spacial score (nSPS) is 16.2. The molecular formula is C24H28F2N2O2. The number of carbonyl (C=O) groups is 1. The smallest absolute Gasteiger partial charge is 0.223 e. The largest absolute Gasteiger partial charge is 0.390 e. The van der Waals surface area contributed by atoms with E-state index in [1.165, 1.54) is 12.1 Å². The summed E-state index contributed by atoms with van der Waals surface area (Å²) in [7, 11) is 0. The van der Waals surface area contributed by atoms with Crippen LogP contribution in [0.2, 0.25) is 0 Å². The Bertz CT molecular complexity index is 933. The first kappa shape index (κ1) is 21.9. The van der Waals surface area contributed by atoms with Gasteiger partial charge in [-0.2, -0.15) is 0 Å². The van der Waals surface area contributed by atoms with Crippen molar-refractivity contribution < 1.29 is 18.4 Å². The van der Waals surface area contributed by atoms with Crippen LogP contribution < -0.4 is 0 Å². The second-order valence-electron chi connectivity index (χ2n) is 9.08. The predicted octanol–water partition coefficient (Wildman–Crippen LogP) is 5.23. The van der Waals surface area contributed by atoms with Gasteiger partial charge in [-0.05, 0) is 24.0 Å². The Morgan fingerprint density at radius 1 is 1.17 bits per heavy atom. The van der Waals surface area contributed by atoms with E-state index in [4.69, 9.17) is 4.84 Å². The highest BCUT2D eigenvalue weighted by atomic mass is 19.1. The summed E-state index contributed by atoms with van der Waals surface area (Å²) in [5.74, 6) is -1.40. The zero-order valence-corrected chi connectivity index (χ0v) is 17.9. The zero-order chi connectivity index (χ0) is 21.9. The minimum absolute atomic E-state index is 0.0563. The van der Waals surface area contributed by atoms with Crippen LogP contribution in [0.15, 0.2) is 47.6 Å². The van der Waals surface area contributed by atoms with Crippen LogP contribution in [0, 0.1) is 24.0 Å². The van der Waals surface area contributed by atoms with E-state index in [2.05, 4.69) is 5.16 Å².